The van der Waals surface area contributed by atoms with Crippen molar-refractivity contribution < 1.29 is 4.79 Å². The van der Waals surface area contributed by atoms with Crippen LogP contribution in [0.4, 0.5) is 0 Å². The summed E-state index contributed by atoms with van der Waals surface area (Å²) in [6.07, 6.45) is 7.50. The van der Waals surface area contributed by atoms with Gasteiger partial charge in [0.25, 0.3) is 5.78 Å². The maximum absolute atomic E-state index is 12.9. The van der Waals surface area contributed by atoms with Gasteiger partial charge in [0, 0.05) is 24.0 Å². The summed E-state index contributed by atoms with van der Waals surface area (Å²) in [7, 11) is 0. The summed E-state index contributed by atoms with van der Waals surface area (Å²) in [6, 6.07) is 2.48. The lowest BCUT2D eigenvalue weighted by Gasteiger charge is -2.44. The van der Waals surface area contributed by atoms with Crippen LogP contribution in [0.25, 0.3) is 5.78 Å². The molecular formula is C18H25N5OS. The van der Waals surface area contributed by atoms with Crippen LogP contribution in [0.1, 0.15) is 49.9 Å². The van der Waals surface area contributed by atoms with E-state index >= 15 is 0 Å². The van der Waals surface area contributed by atoms with Gasteiger partial charge in [-0.3, -0.25) is 9.20 Å². The Balaban J connectivity index is 1.47. The van der Waals surface area contributed by atoms with E-state index in [1.54, 1.807) is 0 Å². The molecule has 0 spiro atoms. The first-order chi connectivity index (χ1) is 12.1. The fourth-order valence-corrected chi connectivity index (χ4v) is 5.31. The number of aryl methyl sites for hydroxylation is 2. The number of hydrogen-bond acceptors (Lipinski definition) is 5. The molecule has 2 aromatic heterocycles. The predicted molar refractivity (Wildman–Crippen MR) is 97.7 cm³/mol. The van der Waals surface area contributed by atoms with Gasteiger partial charge in [-0.05, 0) is 51.5 Å². The average Bonchev–Trinajstić information content (AvgIpc) is 3.02. The summed E-state index contributed by atoms with van der Waals surface area (Å²) in [5, 5.41) is 9.15. The fourth-order valence-electron chi connectivity index (χ4n) is 4.44. The lowest BCUT2D eigenvalue weighted by Crippen LogP contribution is -2.50. The van der Waals surface area contributed by atoms with Crippen LogP contribution < -0.4 is 0 Å². The second-order valence-electron chi connectivity index (χ2n) is 7.29. The van der Waals surface area contributed by atoms with Crippen LogP contribution in [-0.4, -0.2) is 48.7 Å². The molecule has 4 rings (SSSR count). The Bertz CT molecular complexity index is 787. The zero-order chi connectivity index (χ0) is 17.4. The minimum atomic E-state index is 0.246. The quantitative estimate of drug-likeness (QED) is 0.788. The Kier molecular flexibility index (Phi) is 4.67. The Labute approximate surface area is 152 Å². The van der Waals surface area contributed by atoms with E-state index in [0.29, 0.717) is 17.6 Å². The molecule has 0 bridgehead atoms. The highest BCUT2D eigenvalue weighted by atomic mass is 32.2. The van der Waals surface area contributed by atoms with Gasteiger partial charge < -0.3 is 4.90 Å². The lowest BCUT2D eigenvalue weighted by atomic mass is 9.78. The number of carbonyl (C=O) groups is 1. The zero-order valence-electron chi connectivity index (χ0n) is 14.9. The molecule has 2 fully saturated rings. The van der Waals surface area contributed by atoms with Gasteiger partial charge in [-0.25, -0.2) is 4.98 Å². The first kappa shape index (κ1) is 16.8. The van der Waals surface area contributed by atoms with E-state index in [2.05, 4.69) is 20.1 Å². The van der Waals surface area contributed by atoms with Gasteiger partial charge in [0.2, 0.25) is 5.91 Å². The van der Waals surface area contributed by atoms with Gasteiger partial charge in [0.05, 0.1) is 5.75 Å². The Morgan fingerprint density at radius 1 is 1.20 bits per heavy atom. The fraction of sp³-hybridized carbons (Fsp3) is 0.667. The predicted octanol–water partition coefficient (Wildman–Crippen LogP) is 3.01. The van der Waals surface area contributed by atoms with E-state index in [9.17, 15) is 4.79 Å². The van der Waals surface area contributed by atoms with Crippen molar-refractivity contribution in [2.45, 2.75) is 63.6 Å². The van der Waals surface area contributed by atoms with Crippen molar-refractivity contribution in [3.05, 3.63) is 17.5 Å². The number of likely N-dealkylation sites (tertiary alicyclic amines) is 1. The molecule has 0 N–H and O–H groups in total. The van der Waals surface area contributed by atoms with Crippen LogP contribution in [-0.2, 0) is 4.79 Å². The highest BCUT2D eigenvalue weighted by Gasteiger charge is 2.35. The van der Waals surface area contributed by atoms with Gasteiger partial charge in [0.1, 0.15) is 0 Å². The third kappa shape index (κ3) is 3.26. The molecule has 1 amide bonds. The molecule has 6 nitrogen and oxygen atoms in total. The molecule has 2 atom stereocenters. The molecule has 134 valence electrons. The lowest BCUT2D eigenvalue weighted by molar-refractivity contribution is -0.134. The number of fused-ring (bicyclic) bond motifs is 2. The molecule has 1 aliphatic heterocycles. The number of thioether (sulfide) groups is 1. The Morgan fingerprint density at radius 3 is 2.88 bits per heavy atom. The van der Waals surface area contributed by atoms with Crippen LogP contribution >= 0.6 is 11.8 Å². The highest BCUT2D eigenvalue weighted by molar-refractivity contribution is 7.99. The summed E-state index contributed by atoms with van der Waals surface area (Å²) in [5.41, 5.74) is 1.98. The van der Waals surface area contributed by atoms with E-state index in [-0.39, 0.29) is 5.91 Å². The summed E-state index contributed by atoms with van der Waals surface area (Å²) in [6.45, 7) is 4.89. The Morgan fingerprint density at radius 2 is 2.00 bits per heavy atom. The average molecular weight is 359 g/mol. The van der Waals surface area contributed by atoms with Gasteiger partial charge in [0.15, 0.2) is 5.16 Å². The largest absolute Gasteiger partial charge is 0.339 e. The molecule has 2 aromatic rings. The third-order valence-electron chi connectivity index (χ3n) is 5.55. The van der Waals surface area contributed by atoms with Gasteiger partial charge in [-0.1, -0.05) is 24.6 Å². The van der Waals surface area contributed by atoms with E-state index in [1.165, 1.54) is 43.9 Å². The van der Waals surface area contributed by atoms with Crippen molar-refractivity contribution in [3.8, 4) is 0 Å². The molecule has 0 unspecified atom stereocenters. The number of rotatable bonds is 3. The molecule has 0 aromatic carbocycles. The van der Waals surface area contributed by atoms with Crippen molar-refractivity contribution in [2.75, 3.05) is 12.3 Å². The minimum Gasteiger partial charge on any atom is -0.339 e. The zero-order valence-corrected chi connectivity index (χ0v) is 15.8. The smallest absolute Gasteiger partial charge is 0.256 e. The number of amides is 1. The first-order valence-electron chi connectivity index (χ1n) is 9.25. The third-order valence-corrected chi connectivity index (χ3v) is 6.47. The standard InChI is InChI=1S/C18H25N5OS/c1-12-10-13(2)23-17(19-12)20-21-18(23)25-11-16(24)22-9-5-7-14-6-3-4-8-15(14)22/h10,14-15H,3-9,11H2,1-2H3/t14-,15-/m0/s1. The molecule has 2 aliphatic rings. The van der Waals surface area contributed by atoms with E-state index in [4.69, 9.17) is 0 Å². The van der Waals surface area contributed by atoms with Crippen molar-refractivity contribution in [1.82, 2.24) is 24.5 Å². The first-order valence-corrected chi connectivity index (χ1v) is 10.2. The molecule has 1 saturated heterocycles. The van der Waals surface area contributed by atoms with Crippen LogP contribution in [0.2, 0.25) is 0 Å². The number of nitrogens with zero attached hydrogens (tertiary/aromatic N) is 5. The topological polar surface area (TPSA) is 63.4 Å². The summed E-state index contributed by atoms with van der Waals surface area (Å²) < 4.78 is 1.94. The highest BCUT2D eigenvalue weighted by Crippen LogP contribution is 2.35. The molecule has 25 heavy (non-hydrogen) atoms. The van der Waals surface area contributed by atoms with E-state index in [0.717, 1.165) is 35.4 Å². The molecular weight excluding hydrogens is 334 g/mol. The van der Waals surface area contributed by atoms with Crippen LogP contribution in [0.15, 0.2) is 11.2 Å². The van der Waals surface area contributed by atoms with Gasteiger partial charge in [-0.15, -0.1) is 10.2 Å². The van der Waals surface area contributed by atoms with Crippen LogP contribution in [0.5, 0.6) is 0 Å². The second kappa shape index (κ2) is 6.94. The summed E-state index contributed by atoms with van der Waals surface area (Å²) in [4.78, 5) is 19.4. The Hall–Kier alpha value is -1.63. The van der Waals surface area contributed by atoms with Crippen LogP contribution in [0, 0.1) is 19.8 Å². The number of aromatic nitrogens is 4. The van der Waals surface area contributed by atoms with E-state index in [1.807, 2.05) is 24.3 Å². The number of piperidine rings is 1. The van der Waals surface area contributed by atoms with Crippen molar-refractivity contribution in [3.63, 3.8) is 0 Å². The SMILES string of the molecule is Cc1cc(C)n2c(SCC(=O)N3CCC[C@@H]4CCCC[C@@H]43)nnc2n1. The minimum absolute atomic E-state index is 0.246. The second-order valence-corrected chi connectivity index (χ2v) is 8.23. The molecule has 1 aliphatic carbocycles. The van der Waals surface area contributed by atoms with Crippen molar-refractivity contribution in [1.29, 1.82) is 0 Å². The van der Waals surface area contributed by atoms with Crippen LogP contribution in [0.3, 0.4) is 0 Å². The van der Waals surface area contributed by atoms with Gasteiger partial charge in [-0.2, -0.15) is 0 Å². The summed E-state index contributed by atoms with van der Waals surface area (Å²) >= 11 is 1.48. The number of carbonyl (C=O) groups excluding carboxylic acids is 1. The maximum atomic E-state index is 12.9. The summed E-state index contributed by atoms with van der Waals surface area (Å²) in [5.74, 6) is 2.01. The molecule has 7 heteroatoms. The molecule has 0 radical (unpaired) electrons. The molecule has 1 saturated carbocycles. The van der Waals surface area contributed by atoms with Gasteiger partial charge >= 0.3 is 0 Å². The maximum Gasteiger partial charge on any atom is 0.256 e. The molecule has 3 heterocycles. The normalized spacial score (nSPS) is 23.7. The monoisotopic (exact) mass is 359 g/mol. The van der Waals surface area contributed by atoms with E-state index < -0.39 is 0 Å². The van der Waals surface area contributed by atoms with Crippen molar-refractivity contribution in [2.24, 2.45) is 5.92 Å². The number of hydrogen-bond donors (Lipinski definition) is 0. The van der Waals surface area contributed by atoms with Crippen molar-refractivity contribution >= 4 is 23.4 Å².